The molecule has 4 heteroatoms. The van der Waals surface area contributed by atoms with Gasteiger partial charge in [-0.15, -0.1) is 0 Å². The van der Waals surface area contributed by atoms with Gasteiger partial charge in [0, 0.05) is 6.54 Å². The highest BCUT2D eigenvalue weighted by Crippen LogP contribution is 2.13. The molecular formula is C12H18N2O2. The SMILES string of the molecule is Cc1cccc(C(O)CNC(=O)C(C)N)c1. The van der Waals surface area contributed by atoms with Crippen LogP contribution in [0.15, 0.2) is 24.3 Å². The summed E-state index contributed by atoms with van der Waals surface area (Å²) >= 11 is 0. The summed E-state index contributed by atoms with van der Waals surface area (Å²) in [5.74, 6) is -0.258. The Bertz CT molecular complexity index is 364. The number of hydrogen-bond donors (Lipinski definition) is 3. The van der Waals surface area contributed by atoms with Gasteiger partial charge in [-0.05, 0) is 19.4 Å². The van der Waals surface area contributed by atoms with Crippen LogP contribution < -0.4 is 11.1 Å². The number of nitrogens with one attached hydrogen (secondary N) is 1. The fraction of sp³-hybridized carbons (Fsp3) is 0.417. The number of nitrogens with two attached hydrogens (primary N) is 1. The minimum absolute atomic E-state index is 0.184. The van der Waals surface area contributed by atoms with Crippen LogP contribution in [-0.4, -0.2) is 23.6 Å². The van der Waals surface area contributed by atoms with Gasteiger partial charge in [0.25, 0.3) is 0 Å². The lowest BCUT2D eigenvalue weighted by Crippen LogP contribution is -2.40. The van der Waals surface area contributed by atoms with Crippen molar-refractivity contribution in [2.24, 2.45) is 5.73 Å². The molecule has 1 aromatic carbocycles. The van der Waals surface area contributed by atoms with Crippen molar-refractivity contribution in [3.05, 3.63) is 35.4 Å². The standard InChI is InChI=1S/C12H18N2O2/c1-8-4-3-5-10(6-8)11(15)7-14-12(16)9(2)13/h3-6,9,11,15H,7,13H2,1-2H3,(H,14,16). The lowest BCUT2D eigenvalue weighted by molar-refractivity contribution is -0.122. The molecule has 0 saturated carbocycles. The first-order chi connectivity index (χ1) is 7.50. The van der Waals surface area contributed by atoms with E-state index in [1.807, 2.05) is 31.2 Å². The van der Waals surface area contributed by atoms with Gasteiger partial charge in [-0.2, -0.15) is 0 Å². The minimum Gasteiger partial charge on any atom is -0.387 e. The summed E-state index contributed by atoms with van der Waals surface area (Å²) in [5.41, 5.74) is 7.27. The first kappa shape index (κ1) is 12.7. The number of carbonyl (C=O) groups excluding carboxylic acids is 1. The van der Waals surface area contributed by atoms with Crippen molar-refractivity contribution >= 4 is 5.91 Å². The van der Waals surface area contributed by atoms with Crippen molar-refractivity contribution in [2.45, 2.75) is 26.0 Å². The molecule has 0 aliphatic rings. The number of rotatable bonds is 4. The predicted octanol–water partition coefficient (Wildman–Crippen LogP) is 0.492. The van der Waals surface area contributed by atoms with Gasteiger partial charge in [-0.3, -0.25) is 4.79 Å². The highest BCUT2D eigenvalue weighted by Gasteiger charge is 2.11. The van der Waals surface area contributed by atoms with Gasteiger partial charge < -0.3 is 16.2 Å². The highest BCUT2D eigenvalue weighted by atomic mass is 16.3. The molecule has 0 radical (unpaired) electrons. The zero-order valence-electron chi connectivity index (χ0n) is 9.60. The Kier molecular flexibility index (Phi) is 4.46. The van der Waals surface area contributed by atoms with Gasteiger partial charge in [-0.25, -0.2) is 0 Å². The van der Waals surface area contributed by atoms with Gasteiger partial charge in [0.1, 0.15) is 0 Å². The monoisotopic (exact) mass is 222 g/mol. The molecule has 0 bridgehead atoms. The molecule has 0 aromatic heterocycles. The molecule has 16 heavy (non-hydrogen) atoms. The largest absolute Gasteiger partial charge is 0.387 e. The van der Waals surface area contributed by atoms with E-state index in [4.69, 9.17) is 5.73 Å². The van der Waals surface area contributed by atoms with Crippen LogP contribution in [0.5, 0.6) is 0 Å². The zero-order chi connectivity index (χ0) is 12.1. The van der Waals surface area contributed by atoms with E-state index in [1.165, 1.54) is 0 Å². The third-order valence-corrected chi connectivity index (χ3v) is 2.31. The predicted molar refractivity (Wildman–Crippen MR) is 62.8 cm³/mol. The molecule has 0 aliphatic carbocycles. The maximum Gasteiger partial charge on any atom is 0.236 e. The number of aliphatic hydroxyl groups excluding tert-OH is 1. The number of amides is 1. The fourth-order valence-corrected chi connectivity index (χ4v) is 1.35. The van der Waals surface area contributed by atoms with Gasteiger partial charge in [0.15, 0.2) is 0 Å². The van der Waals surface area contributed by atoms with E-state index in [-0.39, 0.29) is 12.5 Å². The van der Waals surface area contributed by atoms with E-state index in [1.54, 1.807) is 6.92 Å². The molecule has 2 unspecified atom stereocenters. The normalized spacial score (nSPS) is 14.2. The second-order valence-corrected chi connectivity index (χ2v) is 3.96. The molecule has 2 atom stereocenters. The van der Waals surface area contributed by atoms with Crippen molar-refractivity contribution < 1.29 is 9.90 Å². The Morgan fingerprint density at radius 3 is 2.81 bits per heavy atom. The van der Waals surface area contributed by atoms with E-state index < -0.39 is 12.1 Å². The first-order valence-corrected chi connectivity index (χ1v) is 5.28. The molecule has 0 heterocycles. The van der Waals surface area contributed by atoms with Gasteiger partial charge in [0.2, 0.25) is 5.91 Å². The summed E-state index contributed by atoms with van der Waals surface area (Å²) in [6.45, 7) is 3.75. The van der Waals surface area contributed by atoms with Crippen LogP contribution in [0.25, 0.3) is 0 Å². The molecule has 4 N–H and O–H groups in total. The molecule has 0 saturated heterocycles. The number of hydrogen-bond acceptors (Lipinski definition) is 3. The molecule has 1 rings (SSSR count). The lowest BCUT2D eigenvalue weighted by atomic mass is 10.1. The molecule has 88 valence electrons. The van der Waals surface area contributed by atoms with Gasteiger partial charge in [0.05, 0.1) is 12.1 Å². The van der Waals surface area contributed by atoms with Crippen molar-refractivity contribution in [3.63, 3.8) is 0 Å². The van der Waals surface area contributed by atoms with E-state index in [9.17, 15) is 9.90 Å². The molecule has 0 fully saturated rings. The Morgan fingerprint density at radius 2 is 2.25 bits per heavy atom. The smallest absolute Gasteiger partial charge is 0.236 e. The average Bonchev–Trinajstić information content (AvgIpc) is 2.25. The Labute approximate surface area is 95.5 Å². The topological polar surface area (TPSA) is 75.3 Å². The van der Waals surface area contributed by atoms with E-state index in [2.05, 4.69) is 5.32 Å². The van der Waals surface area contributed by atoms with Crippen molar-refractivity contribution in [1.82, 2.24) is 5.32 Å². The van der Waals surface area contributed by atoms with Crippen molar-refractivity contribution in [1.29, 1.82) is 0 Å². The van der Waals surface area contributed by atoms with Crippen LogP contribution in [-0.2, 0) is 4.79 Å². The van der Waals surface area contributed by atoms with Gasteiger partial charge >= 0.3 is 0 Å². The van der Waals surface area contributed by atoms with Crippen LogP contribution in [0.1, 0.15) is 24.2 Å². The summed E-state index contributed by atoms with van der Waals surface area (Å²) in [5, 5.41) is 12.4. The van der Waals surface area contributed by atoms with E-state index >= 15 is 0 Å². The summed E-state index contributed by atoms with van der Waals surface area (Å²) in [6.07, 6.45) is -0.692. The van der Waals surface area contributed by atoms with Crippen molar-refractivity contribution in [3.8, 4) is 0 Å². The molecule has 4 nitrogen and oxygen atoms in total. The number of benzene rings is 1. The lowest BCUT2D eigenvalue weighted by Gasteiger charge is -2.13. The Balaban J connectivity index is 2.53. The van der Waals surface area contributed by atoms with E-state index in [0.29, 0.717) is 0 Å². The first-order valence-electron chi connectivity index (χ1n) is 5.28. The second kappa shape index (κ2) is 5.63. The number of aliphatic hydroxyl groups is 1. The van der Waals surface area contributed by atoms with E-state index in [0.717, 1.165) is 11.1 Å². The average molecular weight is 222 g/mol. The summed E-state index contributed by atoms with van der Waals surface area (Å²) < 4.78 is 0. The minimum atomic E-state index is -0.692. The number of carbonyl (C=O) groups is 1. The van der Waals surface area contributed by atoms with Crippen LogP contribution in [0, 0.1) is 6.92 Å². The Morgan fingerprint density at radius 1 is 1.56 bits per heavy atom. The van der Waals surface area contributed by atoms with Crippen LogP contribution in [0.2, 0.25) is 0 Å². The summed E-state index contributed by atoms with van der Waals surface area (Å²) in [6, 6.07) is 7.00. The maximum atomic E-state index is 11.2. The fourth-order valence-electron chi connectivity index (χ4n) is 1.35. The van der Waals surface area contributed by atoms with Crippen LogP contribution >= 0.6 is 0 Å². The summed E-state index contributed by atoms with van der Waals surface area (Å²) in [4.78, 5) is 11.2. The Hall–Kier alpha value is -1.39. The molecule has 0 spiro atoms. The highest BCUT2D eigenvalue weighted by molar-refractivity contribution is 5.80. The second-order valence-electron chi connectivity index (χ2n) is 3.96. The quantitative estimate of drug-likeness (QED) is 0.694. The zero-order valence-corrected chi connectivity index (χ0v) is 9.60. The molecule has 0 aliphatic heterocycles. The number of aryl methyl sites for hydroxylation is 1. The molecular weight excluding hydrogens is 204 g/mol. The van der Waals surface area contributed by atoms with Crippen LogP contribution in [0.4, 0.5) is 0 Å². The maximum absolute atomic E-state index is 11.2. The van der Waals surface area contributed by atoms with Crippen LogP contribution in [0.3, 0.4) is 0 Å². The molecule has 1 amide bonds. The van der Waals surface area contributed by atoms with Crippen molar-refractivity contribution in [2.75, 3.05) is 6.54 Å². The van der Waals surface area contributed by atoms with Gasteiger partial charge in [-0.1, -0.05) is 29.8 Å². The molecule has 1 aromatic rings. The summed E-state index contributed by atoms with van der Waals surface area (Å²) in [7, 11) is 0. The third kappa shape index (κ3) is 3.64. The third-order valence-electron chi connectivity index (χ3n) is 2.31.